The molecule has 2 heterocycles. The summed E-state index contributed by atoms with van der Waals surface area (Å²) in [6.45, 7) is 7.53. The molecule has 9 heteroatoms. The third-order valence-corrected chi connectivity index (χ3v) is 5.82. The van der Waals surface area contributed by atoms with Crippen molar-refractivity contribution in [2.24, 2.45) is 5.92 Å². The standard InChI is InChI=1S/C24H29F3N4O2/c1-16(2)21(29-22(32)19-8-5-4-7-17(19)3)23(33)31-12-6-11-30(13-14-31)20-10-9-18(15-28-20)24(25,26)27/h4-5,7-10,15-16,21H,6,11-14H2,1-3H3,(H,29,32). The van der Waals surface area contributed by atoms with Crippen molar-refractivity contribution in [2.45, 2.75) is 39.4 Å². The normalized spacial score (nSPS) is 15.8. The zero-order valence-corrected chi connectivity index (χ0v) is 19.0. The van der Waals surface area contributed by atoms with Crippen LogP contribution in [0.25, 0.3) is 0 Å². The van der Waals surface area contributed by atoms with Crippen molar-refractivity contribution in [3.05, 3.63) is 59.3 Å². The number of alkyl halides is 3. The lowest BCUT2D eigenvalue weighted by molar-refractivity contribution is -0.138. The van der Waals surface area contributed by atoms with E-state index in [-0.39, 0.29) is 17.7 Å². The summed E-state index contributed by atoms with van der Waals surface area (Å²) >= 11 is 0. The molecular weight excluding hydrogens is 433 g/mol. The molecule has 2 amide bonds. The second-order valence-electron chi connectivity index (χ2n) is 8.58. The number of carbonyl (C=O) groups is 2. The minimum absolute atomic E-state index is 0.110. The number of halogens is 3. The number of aromatic nitrogens is 1. The van der Waals surface area contributed by atoms with Gasteiger partial charge in [-0.15, -0.1) is 0 Å². The number of hydrogen-bond donors (Lipinski definition) is 1. The van der Waals surface area contributed by atoms with Gasteiger partial charge < -0.3 is 15.1 Å². The van der Waals surface area contributed by atoms with Crippen molar-refractivity contribution in [3.8, 4) is 0 Å². The Hall–Kier alpha value is -3.10. The van der Waals surface area contributed by atoms with Crippen LogP contribution < -0.4 is 10.2 Å². The van der Waals surface area contributed by atoms with Gasteiger partial charge in [-0.05, 0) is 43.0 Å². The molecule has 1 aliphatic rings. The molecule has 0 bridgehead atoms. The number of carbonyl (C=O) groups excluding carboxylic acids is 2. The zero-order valence-electron chi connectivity index (χ0n) is 19.0. The molecule has 1 N–H and O–H groups in total. The van der Waals surface area contributed by atoms with Gasteiger partial charge in [-0.1, -0.05) is 32.0 Å². The molecule has 6 nitrogen and oxygen atoms in total. The third kappa shape index (κ3) is 6.03. The van der Waals surface area contributed by atoms with Gasteiger partial charge in [-0.3, -0.25) is 9.59 Å². The van der Waals surface area contributed by atoms with E-state index in [4.69, 9.17) is 0 Å². The molecule has 1 aromatic heterocycles. The number of hydrogen-bond acceptors (Lipinski definition) is 4. The van der Waals surface area contributed by atoms with E-state index in [9.17, 15) is 22.8 Å². The van der Waals surface area contributed by atoms with Crippen molar-refractivity contribution >= 4 is 17.6 Å². The fourth-order valence-corrected chi connectivity index (χ4v) is 3.86. The molecule has 0 saturated carbocycles. The molecule has 33 heavy (non-hydrogen) atoms. The van der Waals surface area contributed by atoms with E-state index < -0.39 is 17.8 Å². The molecule has 1 atom stereocenters. The van der Waals surface area contributed by atoms with Gasteiger partial charge in [0.2, 0.25) is 5.91 Å². The number of benzene rings is 1. The maximum Gasteiger partial charge on any atom is 0.417 e. The number of pyridine rings is 1. The topological polar surface area (TPSA) is 65.5 Å². The summed E-state index contributed by atoms with van der Waals surface area (Å²) in [5, 5.41) is 2.89. The Labute approximate surface area is 191 Å². The summed E-state index contributed by atoms with van der Waals surface area (Å²) in [5.41, 5.74) is 0.577. The molecule has 3 rings (SSSR count). The Morgan fingerprint density at radius 1 is 1.03 bits per heavy atom. The first kappa shape index (κ1) is 24.5. The van der Waals surface area contributed by atoms with Gasteiger partial charge in [-0.25, -0.2) is 4.98 Å². The van der Waals surface area contributed by atoms with Crippen molar-refractivity contribution in [2.75, 3.05) is 31.1 Å². The van der Waals surface area contributed by atoms with Gasteiger partial charge in [0.15, 0.2) is 0 Å². The Balaban J connectivity index is 1.66. The predicted octanol–water partition coefficient (Wildman–Crippen LogP) is 3.90. The maximum atomic E-state index is 13.3. The van der Waals surface area contributed by atoms with Gasteiger partial charge in [0.25, 0.3) is 5.91 Å². The first-order valence-corrected chi connectivity index (χ1v) is 11.0. The smallest absolute Gasteiger partial charge is 0.355 e. The minimum atomic E-state index is -4.43. The minimum Gasteiger partial charge on any atom is -0.355 e. The number of rotatable bonds is 5. The second kappa shape index (κ2) is 10.2. The lowest BCUT2D eigenvalue weighted by atomic mass is 10.0. The maximum absolute atomic E-state index is 13.3. The predicted molar refractivity (Wildman–Crippen MR) is 120 cm³/mol. The van der Waals surface area contributed by atoms with Crippen molar-refractivity contribution in [1.82, 2.24) is 15.2 Å². The van der Waals surface area contributed by atoms with Crippen LogP contribution in [0.4, 0.5) is 19.0 Å². The third-order valence-electron chi connectivity index (χ3n) is 5.82. The van der Waals surface area contributed by atoms with E-state index in [1.165, 1.54) is 6.07 Å². The van der Waals surface area contributed by atoms with Crippen LogP contribution in [-0.4, -0.2) is 53.9 Å². The van der Waals surface area contributed by atoms with Gasteiger partial charge >= 0.3 is 6.18 Å². The number of anilines is 1. The van der Waals surface area contributed by atoms with Crippen LogP contribution in [-0.2, 0) is 11.0 Å². The zero-order chi connectivity index (χ0) is 24.2. The van der Waals surface area contributed by atoms with Crippen LogP contribution in [0, 0.1) is 12.8 Å². The number of aryl methyl sites for hydroxylation is 1. The number of nitrogens with one attached hydrogen (secondary N) is 1. The highest BCUT2D eigenvalue weighted by atomic mass is 19.4. The van der Waals surface area contributed by atoms with Gasteiger partial charge in [0.1, 0.15) is 11.9 Å². The van der Waals surface area contributed by atoms with Gasteiger partial charge in [-0.2, -0.15) is 13.2 Å². The quantitative estimate of drug-likeness (QED) is 0.732. The van der Waals surface area contributed by atoms with Crippen molar-refractivity contribution in [3.63, 3.8) is 0 Å². The van der Waals surface area contributed by atoms with E-state index in [0.717, 1.165) is 17.8 Å². The van der Waals surface area contributed by atoms with Crippen LogP contribution >= 0.6 is 0 Å². The Bertz CT molecular complexity index is 976. The van der Waals surface area contributed by atoms with Crippen molar-refractivity contribution < 1.29 is 22.8 Å². The fraction of sp³-hybridized carbons (Fsp3) is 0.458. The molecule has 1 aliphatic heterocycles. The van der Waals surface area contributed by atoms with Crippen LogP contribution in [0.5, 0.6) is 0 Å². The highest BCUT2D eigenvalue weighted by molar-refractivity contribution is 5.98. The highest BCUT2D eigenvalue weighted by Crippen LogP contribution is 2.29. The monoisotopic (exact) mass is 462 g/mol. The van der Waals surface area contributed by atoms with E-state index >= 15 is 0 Å². The molecule has 0 aliphatic carbocycles. The molecule has 1 fully saturated rings. The first-order valence-electron chi connectivity index (χ1n) is 11.0. The number of amides is 2. The second-order valence-corrected chi connectivity index (χ2v) is 8.58. The molecular formula is C24H29F3N4O2. The van der Waals surface area contributed by atoms with Crippen LogP contribution in [0.15, 0.2) is 42.6 Å². The van der Waals surface area contributed by atoms with E-state index in [0.29, 0.717) is 44.0 Å². The lowest BCUT2D eigenvalue weighted by Crippen LogP contribution is -2.52. The summed E-state index contributed by atoms with van der Waals surface area (Å²) in [4.78, 5) is 33.7. The average Bonchev–Trinajstić information content (AvgIpc) is 3.03. The van der Waals surface area contributed by atoms with Crippen LogP contribution in [0.1, 0.15) is 41.8 Å². The van der Waals surface area contributed by atoms with E-state index in [1.54, 1.807) is 17.0 Å². The van der Waals surface area contributed by atoms with E-state index in [2.05, 4.69) is 10.3 Å². The summed E-state index contributed by atoms with van der Waals surface area (Å²) in [7, 11) is 0. The molecule has 1 aromatic carbocycles. The largest absolute Gasteiger partial charge is 0.417 e. The Kier molecular flexibility index (Phi) is 7.61. The number of nitrogens with zero attached hydrogens (tertiary/aromatic N) is 3. The van der Waals surface area contributed by atoms with Crippen LogP contribution in [0.2, 0.25) is 0 Å². The lowest BCUT2D eigenvalue weighted by Gasteiger charge is -2.29. The molecule has 1 unspecified atom stereocenters. The summed E-state index contributed by atoms with van der Waals surface area (Å²) < 4.78 is 38.4. The molecule has 178 valence electrons. The molecule has 0 radical (unpaired) electrons. The van der Waals surface area contributed by atoms with Gasteiger partial charge in [0.05, 0.1) is 5.56 Å². The average molecular weight is 463 g/mol. The summed E-state index contributed by atoms with van der Waals surface area (Å²) in [5.74, 6) is -0.105. The molecule has 0 spiro atoms. The molecule has 2 aromatic rings. The summed E-state index contributed by atoms with van der Waals surface area (Å²) in [6.07, 6.45) is -2.95. The summed E-state index contributed by atoms with van der Waals surface area (Å²) in [6, 6.07) is 8.92. The van der Waals surface area contributed by atoms with E-state index in [1.807, 2.05) is 37.8 Å². The fourth-order valence-electron chi connectivity index (χ4n) is 3.86. The van der Waals surface area contributed by atoms with Crippen molar-refractivity contribution in [1.29, 1.82) is 0 Å². The highest BCUT2D eigenvalue weighted by Gasteiger charge is 2.32. The molecule has 1 saturated heterocycles. The first-order chi connectivity index (χ1) is 15.6. The Morgan fingerprint density at radius 2 is 1.76 bits per heavy atom. The van der Waals surface area contributed by atoms with Crippen LogP contribution in [0.3, 0.4) is 0 Å². The Morgan fingerprint density at radius 3 is 2.36 bits per heavy atom. The van der Waals surface area contributed by atoms with Gasteiger partial charge in [0, 0.05) is 37.9 Å². The SMILES string of the molecule is Cc1ccccc1C(=O)NC(C(=O)N1CCCN(c2ccc(C(F)(F)F)cn2)CC1)C(C)C.